The first kappa shape index (κ1) is 21.7. The first-order valence-corrected chi connectivity index (χ1v) is 11.3. The fraction of sp³-hybridized carbons (Fsp3) is 0.138. The van der Waals surface area contributed by atoms with Gasteiger partial charge in [-0.3, -0.25) is 4.40 Å². The van der Waals surface area contributed by atoms with Crippen LogP contribution in [0.3, 0.4) is 0 Å². The Bertz CT molecular complexity index is 1440. The Balaban J connectivity index is 1.48. The number of rotatable bonds is 6. The molecular formula is C29H25FN2O2. The molecule has 0 spiro atoms. The molecule has 0 radical (unpaired) electrons. The Morgan fingerprint density at radius 3 is 2.26 bits per heavy atom. The molecule has 0 bridgehead atoms. The van der Waals surface area contributed by atoms with Crippen LogP contribution in [0.4, 0.5) is 4.39 Å². The molecule has 170 valence electrons. The van der Waals surface area contributed by atoms with E-state index in [4.69, 9.17) is 9.47 Å². The van der Waals surface area contributed by atoms with Crippen molar-refractivity contribution in [3.05, 3.63) is 103 Å². The topological polar surface area (TPSA) is 35.8 Å². The largest absolute Gasteiger partial charge is 0.488 e. The molecule has 2 aromatic heterocycles. The molecule has 34 heavy (non-hydrogen) atoms. The molecule has 0 amide bonds. The molecule has 0 aliphatic rings. The van der Waals surface area contributed by atoms with E-state index in [-0.39, 0.29) is 17.7 Å². The third-order valence-corrected chi connectivity index (χ3v) is 5.59. The molecule has 4 nitrogen and oxygen atoms in total. The molecule has 2 heterocycles. The second-order valence-corrected chi connectivity index (χ2v) is 8.49. The SMILES string of the molecule is Cc1cc2ncc(-c3ccc(Oc4ccccc4)cc3)n2cc1-c1ccc(OC(C)C)c(F)c1. The van der Waals surface area contributed by atoms with Gasteiger partial charge in [0.2, 0.25) is 0 Å². The van der Waals surface area contributed by atoms with Crippen LogP contribution in [0, 0.1) is 12.7 Å². The average molecular weight is 453 g/mol. The van der Waals surface area contributed by atoms with Crippen LogP contribution in [0.25, 0.3) is 28.0 Å². The van der Waals surface area contributed by atoms with Gasteiger partial charge in [0, 0.05) is 17.3 Å². The summed E-state index contributed by atoms with van der Waals surface area (Å²) >= 11 is 0. The predicted octanol–water partition coefficient (Wildman–Crippen LogP) is 7.70. The van der Waals surface area contributed by atoms with Gasteiger partial charge in [0.25, 0.3) is 0 Å². The van der Waals surface area contributed by atoms with Crippen LogP contribution in [-0.4, -0.2) is 15.5 Å². The van der Waals surface area contributed by atoms with E-state index in [1.807, 2.05) is 104 Å². The van der Waals surface area contributed by atoms with Crippen molar-refractivity contribution in [1.29, 1.82) is 0 Å². The molecule has 0 aliphatic carbocycles. The second-order valence-electron chi connectivity index (χ2n) is 8.49. The van der Waals surface area contributed by atoms with Crippen LogP contribution >= 0.6 is 0 Å². The zero-order valence-corrected chi connectivity index (χ0v) is 19.3. The Morgan fingerprint density at radius 1 is 0.853 bits per heavy atom. The number of aryl methyl sites for hydroxylation is 1. The molecule has 0 aliphatic heterocycles. The standard InChI is InChI=1S/C29H25FN2O2/c1-19(2)33-28-14-11-22(16-26(28)30)25-18-32-27(17-31-29(32)15-20(25)3)21-9-12-24(13-10-21)34-23-7-5-4-6-8-23/h4-19H,1-3H3. The first-order chi connectivity index (χ1) is 16.5. The van der Waals surface area contributed by atoms with E-state index in [1.165, 1.54) is 6.07 Å². The van der Waals surface area contributed by atoms with Gasteiger partial charge in [-0.1, -0.05) is 24.3 Å². The highest BCUT2D eigenvalue weighted by molar-refractivity contribution is 5.72. The molecule has 0 N–H and O–H groups in total. The molecule has 3 aromatic carbocycles. The number of halogens is 1. The number of benzene rings is 3. The molecule has 0 unspecified atom stereocenters. The zero-order chi connectivity index (χ0) is 23.7. The van der Waals surface area contributed by atoms with Crippen LogP contribution < -0.4 is 9.47 Å². The quantitative estimate of drug-likeness (QED) is 0.265. The number of fused-ring (bicyclic) bond motifs is 1. The fourth-order valence-electron chi connectivity index (χ4n) is 3.97. The van der Waals surface area contributed by atoms with Gasteiger partial charge >= 0.3 is 0 Å². The van der Waals surface area contributed by atoms with E-state index in [0.29, 0.717) is 0 Å². The van der Waals surface area contributed by atoms with Gasteiger partial charge < -0.3 is 9.47 Å². The van der Waals surface area contributed by atoms with Crippen LogP contribution in [-0.2, 0) is 0 Å². The minimum absolute atomic E-state index is 0.0866. The number of imidazole rings is 1. The van der Waals surface area contributed by atoms with Gasteiger partial charge in [-0.2, -0.15) is 0 Å². The summed E-state index contributed by atoms with van der Waals surface area (Å²) in [5, 5.41) is 0. The lowest BCUT2D eigenvalue weighted by molar-refractivity contribution is 0.231. The van der Waals surface area contributed by atoms with Crippen LogP contribution in [0.5, 0.6) is 17.2 Å². The molecule has 5 heteroatoms. The van der Waals surface area contributed by atoms with Crippen molar-refractivity contribution >= 4 is 5.65 Å². The van der Waals surface area contributed by atoms with Gasteiger partial charge in [-0.25, -0.2) is 9.37 Å². The lowest BCUT2D eigenvalue weighted by Crippen LogP contribution is -2.06. The Morgan fingerprint density at radius 2 is 1.56 bits per heavy atom. The third-order valence-electron chi connectivity index (χ3n) is 5.59. The molecular weight excluding hydrogens is 427 g/mol. The van der Waals surface area contributed by atoms with Gasteiger partial charge in [-0.15, -0.1) is 0 Å². The summed E-state index contributed by atoms with van der Waals surface area (Å²) in [5.41, 5.74) is 5.54. The van der Waals surface area contributed by atoms with Crippen molar-refractivity contribution < 1.29 is 13.9 Å². The predicted molar refractivity (Wildman–Crippen MR) is 133 cm³/mol. The third kappa shape index (κ3) is 4.37. The monoisotopic (exact) mass is 452 g/mol. The number of hydrogen-bond acceptors (Lipinski definition) is 3. The lowest BCUT2D eigenvalue weighted by Gasteiger charge is -2.13. The minimum atomic E-state index is -0.370. The van der Waals surface area contributed by atoms with Crippen LogP contribution in [0.2, 0.25) is 0 Å². The summed E-state index contributed by atoms with van der Waals surface area (Å²) in [7, 11) is 0. The van der Waals surface area contributed by atoms with Crippen molar-refractivity contribution in [1.82, 2.24) is 9.38 Å². The molecule has 0 saturated carbocycles. The molecule has 0 atom stereocenters. The Hall–Kier alpha value is -4.12. The maximum absolute atomic E-state index is 14.7. The highest BCUT2D eigenvalue weighted by Crippen LogP contribution is 2.32. The number of nitrogens with zero attached hydrogens (tertiary/aromatic N) is 2. The van der Waals surface area contributed by atoms with Gasteiger partial charge in [0.15, 0.2) is 11.6 Å². The van der Waals surface area contributed by atoms with E-state index >= 15 is 0 Å². The number of pyridine rings is 1. The summed E-state index contributed by atoms with van der Waals surface area (Å²) in [6.07, 6.45) is 3.78. The lowest BCUT2D eigenvalue weighted by atomic mass is 10.0. The highest BCUT2D eigenvalue weighted by atomic mass is 19.1. The van der Waals surface area contributed by atoms with Gasteiger partial charge in [0.1, 0.15) is 17.1 Å². The van der Waals surface area contributed by atoms with Crippen molar-refractivity contribution in [2.24, 2.45) is 0 Å². The van der Waals surface area contributed by atoms with Crippen molar-refractivity contribution in [2.45, 2.75) is 26.9 Å². The van der Waals surface area contributed by atoms with Crippen LogP contribution in [0.15, 0.2) is 91.3 Å². The van der Waals surface area contributed by atoms with Crippen molar-refractivity contribution in [3.63, 3.8) is 0 Å². The minimum Gasteiger partial charge on any atom is -0.488 e. The van der Waals surface area contributed by atoms with E-state index < -0.39 is 0 Å². The van der Waals surface area contributed by atoms with Gasteiger partial charge in [0.05, 0.1) is 18.0 Å². The summed E-state index contributed by atoms with van der Waals surface area (Å²) in [5.74, 6) is 1.45. The molecule has 0 saturated heterocycles. The molecule has 5 aromatic rings. The zero-order valence-electron chi connectivity index (χ0n) is 19.3. The van der Waals surface area contributed by atoms with Crippen molar-refractivity contribution in [3.8, 4) is 39.6 Å². The second kappa shape index (κ2) is 9.02. The summed E-state index contributed by atoms with van der Waals surface area (Å²) < 4.78 is 28.2. The summed E-state index contributed by atoms with van der Waals surface area (Å²) in [6, 6.07) is 24.7. The molecule has 5 rings (SSSR count). The van der Waals surface area contributed by atoms with Gasteiger partial charge in [-0.05, 0) is 86.5 Å². The summed E-state index contributed by atoms with van der Waals surface area (Å²) in [4.78, 5) is 4.58. The fourth-order valence-corrected chi connectivity index (χ4v) is 3.97. The summed E-state index contributed by atoms with van der Waals surface area (Å²) in [6.45, 7) is 5.77. The molecule has 0 fully saturated rings. The van der Waals surface area contributed by atoms with E-state index in [0.717, 1.165) is 45.1 Å². The number of para-hydroxylation sites is 1. The number of ether oxygens (including phenoxy) is 2. The first-order valence-electron chi connectivity index (χ1n) is 11.3. The van der Waals surface area contributed by atoms with E-state index in [1.54, 1.807) is 6.07 Å². The Labute approximate surface area is 198 Å². The highest BCUT2D eigenvalue weighted by Gasteiger charge is 2.13. The maximum Gasteiger partial charge on any atom is 0.165 e. The van der Waals surface area contributed by atoms with E-state index in [2.05, 4.69) is 4.98 Å². The average Bonchev–Trinajstić information content (AvgIpc) is 3.23. The van der Waals surface area contributed by atoms with E-state index in [9.17, 15) is 4.39 Å². The van der Waals surface area contributed by atoms with Crippen molar-refractivity contribution in [2.75, 3.05) is 0 Å². The number of hydrogen-bond donors (Lipinski definition) is 0. The van der Waals surface area contributed by atoms with Crippen LogP contribution in [0.1, 0.15) is 19.4 Å². The Kier molecular flexibility index (Phi) is 5.76. The maximum atomic E-state index is 14.7. The normalized spacial score (nSPS) is 11.2. The smallest absolute Gasteiger partial charge is 0.165 e. The number of aromatic nitrogens is 2.